The van der Waals surface area contributed by atoms with Crippen molar-refractivity contribution in [3.8, 4) is 10.6 Å². The van der Waals surface area contributed by atoms with Gasteiger partial charge in [-0.05, 0) is 43.8 Å². The molecule has 5 heteroatoms. The smallest absolute Gasteiger partial charge is 0.255 e. The molecule has 0 saturated carbocycles. The molecule has 3 heterocycles. The molecule has 1 N–H and O–H groups in total. The van der Waals surface area contributed by atoms with Crippen molar-refractivity contribution in [1.29, 1.82) is 0 Å². The Morgan fingerprint density at radius 2 is 2.27 bits per heavy atom. The SMILES string of the molecule is Cc1nc(-c2cccs2)ccc1C(=O)N1CCC(C(C)O)C1. The van der Waals surface area contributed by atoms with Crippen LogP contribution in [0.1, 0.15) is 29.4 Å². The quantitative estimate of drug-likeness (QED) is 0.947. The zero-order valence-electron chi connectivity index (χ0n) is 12.8. The predicted octanol–water partition coefficient (Wildman–Crippen LogP) is 2.96. The molecule has 2 atom stereocenters. The largest absolute Gasteiger partial charge is 0.393 e. The number of likely N-dealkylation sites (tertiary alicyclic amines) is 1. The summed E-state index contributed by atoms with van der Waals surface area (Å²) in [4.78, 5) is 20.2. The number of amides is 1. The topological polar surface area (TPSA) is 53.4 Å². The summed E-state index contributed by atoms with van der Waals surface area (Å²) < 4.78 is 0. The molecule has 0 aromatic carbocycles. The van der Waals surface area contributed by atoms with Gasteiger partial charge in [0.1, 0.15) is 0 Å². The van der Waals surface area contributed by atoms with Gasteiger partial charge in [0.15, 0.2) is 0 Å². The number of aromatic nitrogens is 1. The van der Waals surface area contributed by atoms with E-state index in [0.29, 0.717) is 18.7 Å². The third kappa shape index (κ3) is 2.91. The zero-order chi connectivity index (χ0) is 15.7. The van der Waals surface area contributed by atoms with Gasteiger partial charge >= 0.3 is 0 Å². The summed E-state index contributed by atoms with van der Waals surface area (Å²) in [5, 5.41) is 11.7. The molecule has 4 nitrogen and oxygen atoms in total. The van der Waals surface area contributed by atoms with Gasteiger partial charge in [-0.3, -0.25) is 9.78 Å². The molecule has 0 aliphatic carbocycles. The number of aliphatic hydroxyl groups is 1. The number of hydrogen-bond donors (Lipinski definition) is 1. The Morgan fingerprint density at radius 3 is 2.86 bits per heavy atom. The maximum Gasteiger partial charge on any atom is 0.255 e. The fourth-order valence-corrected chi connectivity index (χ4v) is 3.58. The van der Waals surface area contributed by atoms with Crippen LogP contribution in [0.5, 0.6) is 0 Å². The van der Waals surface area contributed by atoms with Crippen LogP contribution in [0.2, 0.25) is 0 Å². The average molecular weight is 316 g/mol. The van der Waals surface area contributed by atoms with Crippen LogP contribution in [0.15, 0.2) is 29.6 Å². The molecule has 0 spiro atoms. The minimum Gasteiger partial charge on any atom is -0.393 e. The second kappa shape index (κ2) is 6.18. The van der Waals surface area contributed by atoms with Gasteiger partial charge in [-0.15, -0.1) is 11.3 Å². The standard InChI is InChI=1S/C17H20N2O2S/c1-11-14(5-6-15(18-11)16-4-3-9-22-16)17(21)19-8-7-13(10-19)12(2)20/h3-6,9,12-13,20H,7-8,10H2,1-2H3. The number of rotatable bonds is 3. The summed E-state index contributed by atoms with van der Waals surface area (Å²) in [6, 6.07) is 7.81. The first-order valence-electron chi connectivity index (χ1n) is 7.55. The highest BCUT2D eigenvalue weighted by Crippen LogP contribution is 2.26. The Hall–Kier alpha value is -1.72. The van der Waals surface area contributed by atoms with Crippen molar-refractivity contribution in [3.05, 3.63) is 40.9 Å². The average Bonchev–Trinajstić information content (AvgIpc) is 3.18. The lowest BCUT2D eigenvalue weighted by Crippen LogP contribution is -2.31. The van der Waals surface area contributed by atoms with Crippen LogP contribution in [0.25, 0.3) is 10.6 Å². The molecule has 2 aromatic rings. The van der Waals surface area contributed by atoms with Crippen molar-refractivity contribution in [2.24, 2.45) is 5.92 Å². The van der Waals surface area contributed by atoms with Gasteiger partial charge in [0.05, 0.1) is 27.9 Å². The van der Waals surface area contributed by atoms with E-state index in [-0.39, 0.29) is 17.9 Å². The highest BCUT2D eigenvalue weighted by Gasteiger charge is 2.30. The van der Waals surface area contributed by atoms with E-state index in [0.717, 1.165) is 22.7 Å². The highest BCUT2D eigenvalue weighted by atomic mass is 32.1. The summed E-state index contributed by atoms with van der Waals surface area (Å²) in [5.74, 6) is 0.202. The van der Waals surface area contributed by atoms with Crippen LogP contribution in [0.4, 0.5) is 0 Å². The fourth-order valence-electron chi connectivity index (χ4n) is 2.88. The normalized spacial score (nSPS) is 19.4. The number of carbonyl (C=O) groups excluding carboxylic acids is 1. The van der Waals surface area contributed by atoms with Crippen molar-refractivity contribution >= 4 is 17.2 Å². The number of aryl methyl sites for hydroxylation is 1. The lowest BCUT2D eigenvalue weighted by molar-refractivity contribution is 0.0761. The second-order valence-electron chi connectivity index (χ2n) is 5.85. The number of hydrogen-bond acceptors (Lipinski definition) is 4. The van der Waals surface area contributed by atoms with Crippen LogP contribution in [-0.4, -0.2) is 40.1 Å². The summed E-state index contributed by atoms with van der Waals surface area (Å²) in [5.41, 5.74) is 2.33. The molecule has 0 radical (unpaired) electrons. The summed E-state index contributed by atoms with van der Waals surface area (Å²) in [6.45, 7) is 5.01. The Kier molecular flexibility index (Phi) is 4.27. The lowest BCUT2D eigenvalue weighted by atomic mass is 10.0. The minimum atomic E-state index is -0.363. The number of thiophene rings is 1. The molecule has 1 saturated heterocycles. The Bertz CT molecular complexity index is 667. The molecule has 116 valence electrons. The third-order valence-corrected chi connectivity index (χ3v) is 5.18. The van der Waals surface area contributed by atoms with Gasteiger partial charge in [-0.1, -0.05) is 6.07 Å². The summed E-state index contributed by atoms with van der Waals surface area (Å²) in [6.07, 6.45) is 0.501. The molecule has 1 fully saturated rings. The maximum atomic E-state index is 12.6. The summed E-state index contributed by atoms with van der Waals surface area (Å²) in [7, 11) is 0. The molecule has 1 aliphatic rings. The van der Waals surface area contributed by atoms with Gasteiger partial charge in [0.25, 0.3) is 5.91 Å². The van der Waals surface area contributed by atoms with Gasteiger partial charge in [-0.25, -0.2) is 0 Å². The molecular weight excluding hydrogens is 296 g/mol. The van der Waals surface area contributed by atoms with E-state index in [1.165, 1.54) is 0 Å². The molecular formula is C17H20N2O2S. The number of nitrogens with zero attached hydrogens (tertiary/aromatic N) is 2. The summed E-state index contributed by atoms with van der Waals surface area (Å²) >= 11 is 1.64. The van der Waals surface area contributed by atoms with Crippen molar-refractivity contribution in [1.82, 2.24) is 9.88 Å². The number of pyridine rings is 1. The van der Waals surface area contributed by atoms with Crippen LogP contribution in [0, 0.1) is 12.8 Å². The van der Waals surface area contributed by atoms with Gasteiger partial charge in [0.2, 0.25) is 0 Å². The minimum absolute atomic E-state index is 0.0193. The van der Waals surface area contributed by atoms with Gasteiger partial charge < -0.3 is 10.0 Å². The Labute approximate surface area is 134 Å². The van der Waals surface area contributed by atoms with E-state index in [1.54, 1.807) is 18.3 Å². The monoisotopic (exact) mass is 316 g/mol. The van der Waals surface area contributed by atoms with E-state index < -0.39 is 0 Å². The van der Waals surface area contributed by atoms with E-state index in [1.807, 2.05) is 41.5 Å². The van der Waals surface area contributed by atoms with Crippen LogP contribution in [-0.2, 0) is 0 Å². The van der Waals surface area contributed by atoms with Crippen molar-refractivity contribution in [2.75, 3.05) is 13.1 Å². The zero-order valence-corrected chi connectivity index (χ0v) is 13.6. The molecule has 2 aromatic heterocycles. The van der Waals surface area contributed by atoms with Crippen molar-refractivity contribution in [3.63, 3.8) is 0 Å². The van der Waals surface area contributed by atoms with Gasteiger partial charge in [0, 0.05) is 19.0 Å². The molecule has 1 aliphatic heterocycles. The predicted molar refractivity (Wildman–Crippen MR) is 88.0 cm³/mol. The maximum absolute atomic E-state index is 12.6. The van der Waals surface area contributed by atoms with E-state index in [4.69, 9.17) is 0 Å². The van der Waals surface area contributed by atoms with Crippen molar-refractivity contribution < 1.29 is 9.90 Å². The molecule has 3 rings (SSSR count). The van der Waals surface area contributed by atoms with E-state index >= 15 is 0 Å². The van der Waals surface area contributed by atoms with Crippen molar-refractivity contribution in [2.45, 2.75) is 26.4 Å². The second-order valence-corrected chi connectivity index (χ2v) is 6.79. The van der Waals surface area contributed by atoms with E-state index in [2.05, 4.69) is 4.98 Å². The van der Waals surface area contributed by atoms with Gasteiger partial charge in [-0.2, -0.15) is 0 Å². The fraction of sp³-hybridized carbons (Fsp3) is 0.412. The highest BCUT2D eigenvalue weighted by molar-refractivity contribution is 7.13. The molecule has 2 unspecified atom stereocenters. The first-order chi connectivity index (χ1) is 10.6. The molecule has 0 bridgehead atoms. The Balaban J connectivity index is 1.79. The molecule has 22 heavy (non-hydrogen) atoms. The molecule has 1 amide bonds. The van der Waals surface area contributed by atoms with Crippen LogP contribution < -0.4 is 0 Å². The lowest BCUT2D eigenvalue weighted by Gasteiger charge is -2.18. The first-order valence-corrected chi connectivity index (χ1v) is 8.43. The third-order valence-electron chi connectivity index (χ3n) is 4.28. The first kappa shape index (κ1) is 15.2. The van der Waals surface area contributed by atoms with Crippen LogP contribution in [0.3, 0.4) is 0 Å². The Morgan fingerprint density at radius 1 is 1.45 bits per heavy atom. The number of carbonyl (C=O) groups is 1. The van der Waals surface area contributed by atoms with Crippen LogP contribution >= 0.6 is 11.3 Å². The van der Waals surface area contributed by atoms with E-state index in [9.17, 15) is 9.90 Å². The number of aliphatic hydroxyl groups excluding tert-OH is 1.